The largest absolute Gasteiger partial charge is 0.497 e. The molecule has 0 unspecified atom stereocenters. The van der Waals surface area contributed by atoms with E-state index in [4.69, 9.17) is 9.47 Å². The van der Waals surface area contributed by atoms with Gasteiger partial charge in [0.05, 0.1) is 14.2 Å². The standard InChI is InChI=1S/C20H28N2O3/c1-15-8-6-5-7-9-18(22(15)13-12-20(23)21-2)17-11-10-16(24-3)14-19(17)25-4/h9-11,14H,1,5-8,12-13H2,2-4H3,(H,21,23). The van der Waals surface area contributed by atoms with Crippen LogP contribution in [0.1, 0.15) is 37.7 Å². The number of allylic oxidation sites excluding steroid dienone is 2. The fourth-order valence-electron chi connectivity index (χ4n) is 3.01. The zero-order chi connectivity index (χ0) is 18.2. The van der Waals surface area contributed by atoms with Crippen LogP contribution in [0.25, 0.3) is 5.70 Å². The van der Waals surface area contributed by atoms with Crippen molar-refractivity contribution in [2.45, 2.75) is 32.1 Å². The molecular weight excluding hydrogens is 316 g/mol. The number of carbonyl (C=O) groups is 1. The van der Waals surface area contributed by atoms with E-state index in [9.17, 15) is 4.79 Å². The van der Waals surface area contributed by atoms with E-state index in [1.165, 1.54) is 0 Å². The van der Waals surface area contributed by atoms with E-state index in [-0.39, 0.29) is 5.91 Å². The number of hydrogen-bond donors (Lipinski definition) is 1. The van der Waals surface area contributed by atoms with E-state index in [2.05, 4.69) is 22.9 Å². The van der Waals surface area contributed by atoms with Crippen LogP contribution in [0.4, 0.5) is 0 Å². The molecule has 0 fully saturated rings. The number of nitrogens with one attached hydrogen (secondary N) is 1. The molecule has 5 nitrogen and oxygen atoms in total. The molecule has 1 N–H and O–H groups in total. The maximum absolute atomic E-state index is 11.7. The molecule has 1 heterocycles. The first kappa shape index (κ1) is 18.9. The Balaban J connectivity index is 2.40. The summed E-state index contributed by atoms with van der Waals surface area (Å²) in [5, 5.41) is 2.68. The average molecular weight is 344 g/mol. The Kier molecular flexibility index (Phi) is 6.92. The number of ether oxygens (including phenoxy) is 2. The van der Waals surface area contributed by atoms with Crippen LogP contribution in [0, 0.1) is 0 Å². The zero-order valence-corrected chi connectivity index (χ0v) is 15.4. The van der Waals surface area contributed by atoms with E-state index in [0.717, 1.165) is 54.1 Å². The van der Waals surface area contributed by atoms with Gasteiger partial charge >= 0.3 is 0 Å². The summed E-state index contributed by atoms with van der Waals surface area (Å²) in [5.74, 6) is 1.53. The molecular formula is C20H28N2O3. The van der Waals surface area contributed by atoms with Crippen LogP contribution < -0.4 is 14.8 Å². The molecule has 1 aliphatic rings. The third kappa shape index (κ3) is 4.78. The molecule has 0 saturated carbocycles. The average Bonchev–Trinajstić information content (AvgIpc) is 2.63. The van der Waals surface area contributed by atoms with Gasteiger partial charge in [-0.25, -0.2) is 0 Å². The van der Waals surface area contributed by atoms with Gasteiger partial charge in [-0.3, -0.25) is 4.79 Å². The topological polar surface area (TPSA) is 50.8 Å². The van der Waals surface area contributed by atoms with Crippen molar-refractivity contribution in [1.29, 1.82) is 0 Å². The van der Waals surface area contributed by atoms with Gasteiger partial charge in [-0.05, 0) is 37.8 Å². The third-order valence-electron chi connectivity index (χ3n) is 4.46. The molecule has 0 bridgehead atoms. The van der Waals surface area contributed by atoms with Gasteiger partial charge in [0.15, 0.2) is 0 Å². The summed E-state index contributed by atoms with van der Waals surface area (Å²) in [4.78, 5) is 13.9. The minimum absolute atomic E-state index is 0.0240. The van der Waals surface area contributed by atoms with Gasteiger partial charge in [-0.1, -0.05) is 12.7 Å². The predicted octanol–water partition coefficient (Wildman–Crippen LogP) is 3.57. The van der Waals surface area contributed by atoms with Crippen LogP contribution in [0.2, 0.25) is 0 Å². The lowest BCUT2D eigenvalue weighted by molar-refractivity contribution is -0.120. The van der Waals surface area contributed by atoms with Gasteiger partial charge in [-0.15, -0.1) is 0 Å². The minimum atomic E-state index is 0.0240. The molecule has 1 amide bonds. The Morgan fingerprint density at radius 1 is 1.28 bits per heavy atom. The highest BCUT2D eigenvalue weighted by molar-refractivity contribution is 5.77. The van der Waals surface area contributed by atoms with Crippen LogP contribution in [-0.4, -0.2) is 38.6 Å². The van der Waals surface area contributed by atoms with E-state index < -0.39 is 0 Å². The molecule has 0 aliphatic carbocycles. The molecule has 2 rings (SSSR count). The Bertz CT molecular complexity index is 652. The molecule has 0 radical (unpaired) electrons. The van der Waals surface area contributed by atoms with Crippen molar-refractivity contribution in [2.24, 2.45) is 0 Å². The quantitative estimate of drug-likeness (QED) is 0.857. The maximum atomic E-state index is 11.7. The van der Waals surface area contributed by atoms with Gasteiger partial charge in [0.1, 0.15) is 11.5 Å². The van der Waals surface area contributed by atoms with Crippen molar-refractivity contribution < 1.29 is 14.3 Å². The summed E-state index contributed by atoms with van der Waals surface area (Å²) in [6.07, 6.45) is 6.81. The molecule has 136 valence electrons. The summed E-state index contributed by atoms with van der Waals surface area (Å²) >= 11 is 0. The molecule has 25 heavy (non-hydrogen) atoms. The van der Waals surface area contributed by atoms with Crippen molar-refractivity contribution in [2.75, 3.05) is 27.8 Å². The second-order valence-electron chi connectivity index (χ2n) is 6.04. The van der Waals surface area contributed by atoms with Crippen LogP contribution >= 0.6 is 0 Å². The van der Waals surface area contributed by atoms with Gasteiger partial charge < -0.3 is 19.7 Å². The lowest BCUT2D eigenvalue weighted by Gasteiger charge is -2.32. The number of benzene rings is 1. The number of methoxy groups -OCH3 is 2. The van der Waals surface area contributed by atoms with Crippen LogP contribution in [0.5, 0.6) is 11.5 Å². The van der Waals surface area contributed by atoms with Crippen LogP contribution in [-0.2, 0) is 4.79 Å². The lowest BCUT2D eigenvalue weighted by atomic mass is 10.0. The number of rotatable bonds is 6. The molecule has 1 aliphatic heterocycles. The van der Waals surface area contributed by atoms with E-state index in [1.807, 2.05) is 18.2 Å². The smallest absolute Gasteiger partial charge is 0.221 e. The maximum Gasteiger partial charge on any atom is 0.221 e. The SMILES string of the molecule is C=C1CCCCC=C(c2ccc(OC)cc2OC)N1CCC(=O)NC. The van der Waals surface area contributed by atoms with Gasteiger partial charge in [0.2, 0.25) is 5.91 Å². The van der Waals surface area contributed by atoms with E-state index >= 15 is 0 Å². The van der Waals surface area contributed by atoms with Gasteiger partial charge in [0.25, 0.3) is 0 Å². The molecule has 0 aromatic heterocycles. The van der Waals surface area contributed by atoms with E-state index in [1.54, 1.807) is 21.3 Å². The Morgan fingerprint density at radius 2 is 2.08 bits per heavy atom. The highest BCUT2D eigenvalue weighted by Gasteiger charge is 2.20. The molecule has 0 saturated heterocycles. The number of hydrogen-bond acceptors (Lipinski definition) is 4. The summed E-state index contributed by atoms with van der Waals surface area (Å²) in [5.41, 5.74) is 3.07. The molecule has 1 aromatic carbocycles. The van der Waals surface area contributed by atoms with Crippen molar-refractivity contribution >= 4 is 11.6 Å². The zero-order valence-electron chi connectivity index (χ0n) is 15.4. The summed E-state index contributed by atoms with van der Waals surface area (Å²) in [6.45, 7) is 4.85. The highest BCUT2D eigenvalue weighted by atomic mass is 16.5. The van der Waals surface area contributed by atoms with E-state index in [0.29, 0.717) is 13.0 Å². The normalized spacial score (nSPS) is 15.1. The predicted molar refractivity (Wildman–Crippen MR) is 101 cm³/mol. The van der Waals surface area contributed by atoms with Crippen molar-refractivity contribution in [3.63, 3.8) is 0 Å². The first-order valence-corrected chi connectivity index (χ1v) is 8.69. The third-order valence-corrected chi connectivity index (χ3v) is 4.46. The Hall–Kier alpha value is -2.43. The van der Waals surface area contributed by atoms with Gasteiger partial charge in [0, 0.05) is 43.0 Å². The van der Waals surface area contributed by atoms with Gasteiger partial charge in [-0.2, -0.15) is 0 Å². The van der Waals surface area contributed by atoms with Crippen molar-refractivity contribution in [1.82, 2.24) is 10.2 Å². The Morgan fingerprint density at radius 3 is 2.76 bits per heavy atom. The monoisotopic (exact) mass is 344 g/mol. The molecule has 0 atom stereocenters. The second-order valence-corrected chi connectivity index (χ2v) is 6.04. The first-order valence-electron chi connectivity index (χ1n) is 8.69. The summed E-state index contributed by atoms with van der Waals surface area (Å²) in [6, 6.07) is 5.82. The summed E-state index contributed by atoms with van der Waals surface area (Å²) < 4.78 is 10.9. The fraction of sp³-hybridized carbons (Fsp3) is 0.450. The minimum Gasteiger partial charge on any atom is -0.497 e. The molecule has 5 heteroatoms. The fourth-order valence-corrected chi connectivity index (χ4v) is 3.01. The number of amides is 1. The van der Waals surface area contributed by atoms with Crippen molar-refractivity contribution in [3.8, 4) is 11.5 Å². The number of carbonyl (C=O) groups excluding carboxylic acids is 1. The van der Waals surface area contributed by atoms with Crippen LogP contribution in [0.3, 0.4) is 0 Å². The molecule has 0 spiro atoms. The highest BCUT2D eigenvalue weighted by Crippen LogP contribution is 2.36. The van der Waals surface area contributed by atoms with Crippen LogP contribution in [0.15, 0.2) is 36.6 Å². The van der Waals surface area contributed by atoms with Crippen molar-refractivity contribution in [3.05, 3.63) is 42.1 Å². The lowest BCUT2D eigenvalue weighted by Crippen LogP contribution is -2.28. The Labute approximate surface area is 150 Å². The molecule has 1 aromatic rings. The summed E-state index contributed by atoms with van der Waals surface area (Å²) in [7, 11) is 4.96. The first-order chi connectivity index (χ1) is 12.1. The second kappa shape index (κ2) is 9.16. The number of nitrogens with zero attached hydrogens (tertiary/aromatic N) is 1.